The van der Waals surface area contributed by atoms with Gasteiger partial charge in [-0.05, 0) is 193 Å². The van der Waals surface area contributed by atoms with Gasteiger partial charge in [0.25, 0.3) is 6.71 Å². The van der Waals surface area contributed by atoms with Crippen LogP contribution in [0.15, 0.2) is 249 Å². The average molecular weight is 1360 g/mol. The molecule has 0 atom stereocenters. The molecular weight excluding hydrogens is 1250 g/mol. The van der Waals surface area contributed by atoms with Gasteiger partial charge in [0.2, 0.25) is 0 Å². The second kappa shape index (κ2) is 24.9. The maximum Gasteiger partial charge on any atom is 0.252 e. The van der Waals surface area contributed by atoms with E-state index in [0.29, 0.717) is 0 Å². The molecule has 0 bridgehead atoms. The van der Waals surface area contributed by atoms with E-state index in [1.165, 1.54) is 161 Å². The van der Waals surface area contributed by atoms with Crippen LogP contribution in [0.25, 0.3) is 83.1 Å². The van der Waals surface area contributed by atoms with Gasteiger partial charge in [-0.2, -0.15) is 0 Å². The molecule has 2 aliphatic heterocycles. The fourth-order valence-corrected chi connectivity index (χ4v) is 16.1. The van der Waals surface area contributed by atoms with Crippen LogP contribution in [0.3, 0.4) is 0 Å². The number of aromatic nitrogens is 1. The fraction of sp³-hybridized carbons (Fsp3) is 0.280. The van der Waals surface area contributed by atoms with Crippen molar-refractivity contribution < 1.29 is 0 Å². The van der Waals surface area contributed by atoms with E-state index >= 15 is 0 Å². The zero-order valence-corrected chi connectivity index (χ0v) is 65.6. The summed E-state index contributed by atoms with van der Waals surface area (Å²) in [5, 5.41) is 2.44. The van der Waals surface area contributed by atoms with Crippen LogP contribution in [0.1, 0.15) is 184 Å². The van der Waals surface area contributed by atoms with Gasteiger partial charge < -0.3 is 14.4 Å². The first kappa shape index (κ1) is 69.8. The summed E-state index contributed by atoms with van der Waals surface area (Å²) in [4.78, 5) is 5.57. The highest BCUT2D eigenvalue weighted by Gasteiger charge is 2.48. The summed E-state index contributed by atoms with van der Waals surface area (Å²) in [7, 11) is 0. The zero-order chi connectivity index (χ0) is 73.7. The lowest BCUT2D eigenvalue weighted by Crippen LogP contribution is -2.61. The summed E-state index contributed by atoms with van der Waals surface area (Å²) >= 11 is 0. The van der Waals surface area contributed by atoms with Gasteiger partial charge in [0.05, 0.1) is 28.1 Å². The molecule has 0 fully saturated rings. The van der Waals surface area contributed by atoms with Crippen LogP contribution in [0.5, 0.6) is 0 Å². The smallest absolute Gasteiger partial charge is 0.252 e. The van der Waals surface area contributed by atoms with Crippen molar-refractivity contribution in [3.63, 3.8) is 0 Å². The van der Waals surface area contributed by atoms with Crippen molar-refractivity contribution in [2.75, 3.05) is 9.80 Å². The third-order valence-electron chi connectivity index (χ3n) is 22.4. The Morgan fingerprint density at radius 1 is 0.240 bits per heavy atom. The number of hydrogen-bond acceptors (Lipinski definition) is 2. The van der Waals surface area contributed by atoms with Crippen LogP contribution >= 0.6 is 0 Å². The minimum Gasteiger partial charge on any atom is -0.310 e. The monoisotopic (exact) mass is 1360 g/mol. The van der Waals surface area contributed by atoms with E-state index in [0.717, 1.165) is 11.4 Å². The van der Waals surface area contributed by atoms with Crippen molar-refractivity contribution in [2.24, 2.45) is 0 Å². The van der Waals surface area contributed by atoms with E-state index < -0.39 is 0 Å². The molecule has 0 unspecified atom stereocenters. The summed E-state index contributed by atoms with van der Waals surface area (Å²) in [5.74, 6) is 0. The number of hydrogen-bond donors (Lipinski definition) is 0. The third-order valence-corrected chi connectivity index (χ3v) is 22.4. The van der Waals surface area contributed by atoms with E-state index in [1.807, 2.05) is 0 Å². The van der Waals surface area contributed by atoms with Crippen molar-refractivity contribution in [2.45, 2.75) is 183 Å². The van der Waals surface area contributed by atoms with Crippen molar-refractivity contribution >= 4 is 79.0 Å². The lowest BCUT2D eigenvalue weighted by atomic mass is 9.33. The van der Waals surface area contributed by atoms with Crippen LogP contribution in [0.4, 0.5) is 34.1 Å². The first-order valence-electron chi connectivity index (χ1n) is 37.9. The predicted octanol–water partition coefficient (Wildman–Crippen LogP) is 26.3. The molecule has 0 aliphatic carbocycles. The molecular formula is C100H104BN3. The number of nitrogens with zero attached hydrogens (tertiary/aromatic N) is 3. The molecule has 3 heterocycles. The molecule has 0 N–H and O–H groups in total. The molecule has 15 rings (SSSR count). The van der Waals surface area contributed by atoms with Crippen LogP contribution in [-0.2, 0) is 37.9 Å². The predicted molar refractivity (Wildman–Crippen MR) is 453 cm³/mol. The van der Waals surface area contributed by atoms with Crippen molar-refractivity contribution in [3.05, 3.63) is 288 Å². The van der Waals surface area contributed by atoms with Crippen molar-refractivity contribution in [1.29, 1.82) is 0 Å². The maximum atomic E-state index is 2.81. The second-order valence-electron chi connectivity index (χ2n) is 37.2. The van der Waals surface area contributed by atoms with Gasteiger partial charge in [-0.15, -0.1) is 0 Å². The van der Waals surface area contributed by atoms with Gasteiger partial charge in [0.1, 0.15) is 0 Å². The van der Waals surface area contributed by atoms with Gasteiger partial charge >= 0.3 is 0 Å². The number of rotatable bonds is 8. The molecule has 104 heavy (non-hydrogen) atoms. The minimum absolute atomic E-state index is 0.0941. The lowest BCUT2D eigenvalue weighted by molar-refractivity contribution is 0.567. The summed E-state index contributed by atoms with van der Waals surface area (Å²) in [6.45, 7) is 49.6. The molecule has 2 aliphatic rings. The first-order chi connectivity index (χ1) is 49.0. The second-order valence-corrected chi connectivity index (χ2v) is 37.2. The van der Waals surface area contributed by atoms with E-state index in [9.17, 15) is 0 Å². The number of fused-ring (bicyclic) bond motifs is 8. The Hall–Kier alpha value is -9.90. The van der Waals surface area contributed by atoms with Crippen molar-refractivity contribution in [1.82, 2.24) is 4.57 Å². The number of benzene rings is 12. The Morgan fingerprint density at radius 2 is 0.587 bits per heavy atom. The minimum atomic E-state index is -0.330. The Morgan fingerprint density at radius 3 is 1.00 bits per heavy atom. The lowest BCUT2D eigenvalue weighted by Gasteiger charge is -2.47. The maximum absolute atomic E-state index is 2.81. The Labute approximate surface area is 621 Å². The SMILES string of the molecule is CC(C)(C)c1cc(-c2ccc3c(c2)N(c2c(-c4ccccc4)cc(C(C)(C)C)cc2-c2ccccc2)c2cc(C(C)(C)C)cc4c2B3c2ccc3c(c2N4c2c(-c4ccccc4)cc(C(C)(C)C)cc2-c2ccccc2)c2ccccc2n3-c2cc(C(C)(C)C)cc(C(C)(C)C)c2)cc(C(C)(C)C)c1. The number of anilines is 6. The normalized spacial score (nSPS) is 13.6. The standard InChI is InChI=1S/C100H104BN3/c1-94(2,3)69-50-68(51-70(53-69)95(4,5)6)67-46-47-82-86(52-67)103(91-78(63-36-26-22-27-37-63)57-73(98(13,14)15)58-79(91)64-38-28-23-29-39-64)87-61-75(100(19,20)21)62-88-90(87)101(82)83-48-49-85-89(77-44-34-35-45-84(77)102(85)76-55-71(96(7,8)9)54-72(56-76)97(10,11)12)93(83)104(88)92-80(65-40-30-24-31-41-65)59-74(99(16,17)18)60-81(92)66-42-32-25-33-43-66/h22-62H,1-21H3. The van der Waals surface area contributed by atoms with E-state index in [2.05, 4.69) is 408 Å². The van der Waals surface area contributed by atoms with Gasteiger partial charge in [-0.3, -0.25) is 0 Å². The third kappa shape index (κ3) is 12.3. The first-order valence-corrected chi connectivity index (χ1v) is 37.9. The highest BCUT2D eigenvalue weighted by atomic mass is 15.2. The zero-order valence-electron chi connectivity index (χ0n) is 65.6. The summed E-state index contributed by atoms with van der Waals surface area (Å²) in [6.07, 6.45) is 0. The molecule has 13 aromatic rings. The van der Waals surface area contributed by atoms with Crippen LogP contribution < -0.4 is 26.2 Å². The summed E-state index contributed by atoms with van der Waals surface area (Å²) in [6, 6.07) is 97.3. The van der Waals surface area contributed by atoms with Gasteiger partial charge in [0, 0.05) is 55.8 Å². The molecule has 12 aromatic carbocycles. The quantitative estimate of drug-likeness (QED) is 0.141. The van der Waals surface area contributed by atoms with E-state index in [4.69, 9.17) is 0 Å². The highest BCUT2D eigenvalue weighted by molar-refractivity contribution is 7.00. The molecule has 1 aromatic heterocycles. The summed E-state index contributed by atoms with van der Waals surface area (Å²) in [5.41, 5.74) is 34.2. The van der Waals surface area contributed by atoms with Gasteiger partial charge in [0.15, 0.2) is 0 Å². The van der Waals surface area contributed by atoms with Crippen LogP contribution in [0.2, 0.25) is 0 Å². The molecule has 3 nitrogen and oxygen atoms in total. The Balaban J connectivity index is 1.19. The van der Waals surface area contributed by atoms with E-state index in [-0.39, 0.29) is 44.6 Å². The molecule has 522 valence electrons. The molecule has 0 radical (unpaired) electrons. The molecule has 0 saturated carbocycles. The van der Waals surface area contributed by atoms with Crippen LogP contribution in [0, 0.1) is 0 Å². The van der Waals surface area contributed by atoms with E-state index in [1.54, 1.807) is 0 Å². The molecule has 0 amide bonds. The fourth-order valence-electron chi connectivity index (χ4n) is 16.1. The van der Waals surface area contributed by atoms with Crippen molar-refractivity contribution in [3.8, 4) is 61.3 Å². The van der Waals surface area contributed by atoms with Gasteiger partial charge in [-0.1, -0.05) is 327 Å². The Bertz CT molecular complexity index is 5320. The average Bonchev–Trinajstić information content (AvgIpc) is 1.06. The highest BCUT2D eigenvalue weighted by Crippen LogP contribution is 2.57. The largest absolute Gasteiger partial charge is 0.310 e. The molecule has 0 saturated heterocycles. The van der Waals surface area contributed by atoms with Gasteiger partial charge in [-0.25, -0.2) is 0 Å². The summed E-state index contributed by atoms with van der Waals surface area (Å²) < 4.78 is 2.61. The molecule has 4 heteroatoms. The molecule has 0 spiro atoms. The van der Waals surface area contributed by atoms with Crippen LogP contribution in [-0.4, -0.2) is 11.3 Å². The topological polar surface area (TPSA) is 11.4 Å². The number of para-hydroxylation sites is 1. The Kier molecular flexibility index (Phi) is 16.7.